The molecule has 8 heteroatoms. The van der Waals surface area contributed by atoms with Crippen molar-refractivity contribution in [2.24, 2.45) is 0 Å². The van der Waals surface area contributed by atoms with Gasteiger partial charge in [-0.15, -0.1) is 0 Å². The minimum atomic E-state index is 0.682. The van der Waals surface area contributed by atoms with Gasteiger partial charge < -0.3 is 4.98 Å². The van der Waals surface area contributed by atoms with Gasteiger partial charge in [0.15, 0.2) is 5.65 Å². The van der Waals surface area contributed by atoms with Crippen LogP contribution >= 0.6 is 0 Å². The fourth-order valence-corrected chi connectivity index (χ4v) is 5.14. The summed E-state index contributed by atoms with van der Waals surface area (Å²) < 4.78 is 0. The normalized spacial score (nSPS) is 14.2. The average Bonchev–Trinajstić information content (AvgIpc) is 3.68. The average molecular weight is 473 g/mol. The highest BCUT2D eigenvalue weighted by atomic mass is 15.2. The minimum Gasteiger partial charge on any atom is -0.352 e. The SMILES string of the molecule is c1cc(-c2cncc3[nH]c(-c4[nH]nc5ncc(-c6cncc(CN7CCCC7)c6)cc45)cc23)ccn1. The molecule has 0 spiro atoms. The van der Waals surface area contributed by atoms with E-state index in [0.717, 1.165) is 56.5 Å². The molecule has 1 aliphatic rings. The zero-order chi connectivity index (χ0) is 23.9. The summed E-state index contributed by atoms with van der Waals surface area (Å²) in [5.74, 6) is 0. The Balaban J connectivity index is 1.28. The van der Waals surface area contributed by atoms with E-state index in [-0.39, 0.29) is 0 Å². The van der Waals surface area contributed by atoms with E-state index in [1.165, 1.54) is 31.5 Å². The largest absolute Gasteiger partial charge is 0.352 e. The van der Waals surface area contributed by atoms with Gasteiger partial charge in [0.1, 0.15) is 0 Å². The first-order valence-corrected chi connectivity index (χ1v) is 12.2. The zero-order valence-electron chi connectivity index (χ0n) is 19.6. The molecule has 0 amide bonds. The van der Waals surface area contributed by atoms with Gasteiger partial charge in [-0.1, -0.05) is 0 Å². The van der Waals surface area contributed by atoms with E-state index in [4.69, 9.17) is 0 Å². The lowest BCUT2D eigenvalue weighted by atomic mass is 10.0. The van der Waals surface area contributed by atoms with Crippen LogP contribution in [0.2, 0.25) is 0 Å². The van der Waals surface area contributed by atoms with Crippen molar-refractivity contribution in [2.45, 2.75) is 19.4 Å². The smallest absolute Gasteiger partial charge is 0.181 e. The number of nitrogens with one attached hydrogen (secondary N) is 2. The highest BCUT2D eigenvalue weighted by Gasteiger charge is 2.16. The number of hydrogen-bond acceptors (Lipinski definition) is 6. The zero-order valence-corrected chi connectivity index (χ0v) is 19.6. The quantitative estimate of drug-likeness (QED) is 0.357. The van der Waals surface area contributed by atoms with E-state index >= 15 is 0 Å². The second-order valence-corrected chi connectivity index (χ2v) is 9.33. The van der Waals surface area contributed by atoms with Gasteiger partial charge in [0.05, 0.1) is 23.1 Å². The van der Waals surface area contributed by atoms with Crippen molar-refractivity contribution in [2.75, 3.05) is 13.1 Å². The summed E-state index contributed by atoms with van der Waals surface area (Å²) in [6, 6.07) is 10.5. The summed E-state index contributed by atoms with van der Waals surface area (Å²) in [4.78, 5) is 23.8. The monoisotopic (exact) mass is 472 g/mol. The van der Waals surface area contributed by atoms with Gasteiger partial charge in [0.2, 0.25) is 0 Å². The van der Waals surface area contributed by atoms with Crippen LogP contribution in [0.5, 0.6) is 0 Å². The van der Waals surface area contributed by atoms with Gasteiger partial charge in [0, 0.05) is 71.2 Å². The fraction of sp³-hybridized carbons (Fsp3) is 0.179. The third kappa shape index (κ3) is 3.72. The lowest BCUT2D eigenvalue weighted by Crippen LogP contribution is -2.18. The molecule has 0 aliphatic carbocycles. The number of H-pyrrole nitrogens is 2. The van der Waals surface area contributed by atoms with Crippen molar-refractivity contribution in [1.29, 1.82) is 0 Å². The van der Waals surface area contributed by atoms with E-state index in [9.17, 15) is 0 Å². The number of fused-ring (bicyclic) bond motifs is 2. The van der Waals surface area contributed by atoms with Gasteiger partial charge in [-0.2, -0.15) is 5.10 Å². The standard InChI is InChI=1S/C28H24N8/c1-2-8-36(7-1)17-18-9-20(13-30-12-18)21-10-23-27(34-35-28(23)32-14-21)25-11-22-24(15-31-16-26(22)33-25)19-3-5-29-6-4-19/h3-6,9-16,33H,1-2,7-8,17H2,(H,32,34,35). The van der Waals surface area contributed by atoms with Crippen LogP contribution in [0.1, 0.15) is 18.4 Å². The molecule has 0 atom stereocenters. The maximum Gasteiger partial charge on any atom is 0.181 e. The van der Waals surface area contributed by atoms with E-state index in [2.05, 4.69) is 58.2 Å². The first-order chi connectivity index (χ1) is 17.8. The highest BCUT2D eigenvalue weighted by molar-refractivity contribution is 6.00. The molecule has 0 aromatic carbocycles. The molecule has 8 nitrogen and oxygen atoms in total. The Morgan fingerprint density at radius 1 is 0.778 bits per heavy atom. The molecular weight excluding hydrogens is 448 g/mol. The van der Waals surface area contributed by atoms with Crippen molar-refractivity contribution >= 4 is 21.9 Å². The molecule has 6 aromatic heterocycles. The number of likely N-dealkylation sites (tertiary alicyclic amines) is 1. The Morgan fingerprint density at radius 3 is 2.50 bits per heavy atom. The predicted octanol–water partition coefficient (Wildman–Crippen LogP) is 5.22. The van der Waals surface area contributed by atoms with Crippen LogP contribution in [-0.2, 0) is 6.54 Å². The first-order valence-electron chi connectivity index (χ1n) is 12.2. The molecule has 7 heterocycles. The summed E-state index contributed by atoms with van der Waals surface area (Å²) in [6.45, 7) is 3.27. The van der Waals surface area contributed by atoms with Crippen molar-refractivity contribution in [1.82, 2.24) is 40.0 Å². The molecule has 0 radical (unpaired) electrons. The number of aromatic nitrogens is 7. The van der Waals surface area contributed by atoms with Crippen LogP contribution in [0.4, 0.5) is 0 Å². The predicted molar refractivity (Wildman–Crippen MR) is 140 cm³/mol. The molecule has 1 saturated heterocycles. The summed E-state index contributed by atoms with van der Waals surface area (Å²) >= 11 is 0. The molecule has 7 rings (SSSR count). The third-order valence-electron chi connectivity index (χ3n) is 6.95. The Hall–Kier alpha value is -4.43. The van der Waals surface area contributed by atoms with Crippen molar-refractivity contribution in [3.05, 3.63) is 79.3 Å². The molecular formula is C28H24N8. The van der Waals surface area contributed by atoms with Crippen molar-refractivity contribution < 1.29 is 0 Å². The maximum absolute atomic E-state index is 4.64. The number of nitrogens with zero attached hydrogens (tertiary/aromatic N) is 6. The lowest BCUT2D eigenvalue weighted by Gasteiger charge is -2.14. The highest BCUT2D eigenvalue weighted by Crippen LogP contribution is 2.34. The van der Waals surface area contributed by atoms with Crippen molar-refractivity contribution in [3.8, 4) is 33.6 Å². The van der Waals surface area contributed by atoms with E-state index in [1.807, 2.05) is 43.1 Å². The van der Waals surface area contributed by atoms with E-state index in [1.54, 1.807) is 12.4 Å². The van der Waals surface area contributed by atoms with E-state index in [0.29, 0.717) is 5.65 Å². The Morgan fingerprint density at radius 2 is 1.61 bits per heavy atom. The van der Waals surface area contributed by atoms with Gasteiger partial charge in [0.25, 0.3) is 0 Å². The fourth-order valence-electron chi connectivity index (χ4n) is 5.14. The Bertz CT molecular complexity index is 1680. The van der Waals surface area contributed by atoms with Gasteiger partial charge in [-0.3, -0.25) is 25.0 Å². The number of aromatic amines is 2. The summed E-state index contributed by atoms with van der Waals surface area (Å²) in [6.07, 6.45) is 15.7. The topological polar surface area (TPSA) is 99.3 Å². The molecule has 1 fully saturated rings. The third-order valence-corrected chi connectivity index (χ3v) is 6.95. The van der Waals surface area contributed by atoms with E-state index < -0.39 is 0 Å². The molecule has 0 unspecified atom stereocenters. The van der Waals surface area contributed by atoms with Crippen LogP contribution in [0.25, 0.3) is 55.6 Å². The molecule has 36 heavy (non-hydrogen) atoms. The van der Waals surface area contributed by atoms with Crippen LogP contribution in [-0.4, -0.2) is 53.1 Å². The maximum atomic E-state index is 4.64. The number of pyridine rings is 4. The molecule has 6 aromatic rings. The van der Waals surface area contributed by atoms with Crippen LogP contribution < -0.4 is 0 Å². The second-order valence-electron chi connectivity index (χ2n) is 9.33. The molecule has 176 valence electrons. The molecule has 0 saturated carbocycles. The summed E-state index contributed by atoms with van der Waals surface area (Å²) in [5.41, 5.74) is 8.94. The molecule has 0 bridgehead atoms. The van der Waals surface area contributed by atoms with Crippen molar-refractivity contribution in [3.63, 3.8) is 0 Å². The van der Waals surface area contributed by atoms with Gasteiger partial charge in [-0.05, 0) is 67.4 Å². The first kappa shape index (κ1) is 20.9. The number of hydrogen-bond donors (Lipinski definition) is 2. The Kier molecular flexibility index (Phi) is 5.03. The van der Waals surface area contributed by atoms with Gasteiger partial charge in [-0.25, -0.2) is 4.98 Å². The van der Waals surface area contributed by atoms with Crippen LogP contribution in [0.15, 0.2) is 73.7 Å². The molecule has 1 aliphatic heterocycles. The second kappa shape index (κ2) is 8.66. The van der Waals surface area contributed by atoms with Crippen LogP contribution in [0.3, 0.4) is 0 Å². The van der Waals surface area contributed by atoms with Gasteiger partial charge >= 0.3 is 0 Å². The lowest BCUT2D eigenvalue weighted by molar-refractivity contribution is 0.331. The summed E-state index contributed by atoms with van der Waals surface area (Å²) in [7, 11) is 0. The number of rotatable bonds is 5. The minimum absolute atomic E-state index is 0.682. The van der Waals surface area contributed by atoms with Crippen LogP contribution in [0, 0.1) is 0 Å². The Labute approximate surface area is 207 Å². The summed E-state index contributed by atoms with van der Waals surface area (Å²) in [5, 5.41) is 9.71. The molecule has 2 N–H and O–H groups in total.